The molecule has 0 radical (unpaired) electrons. The highest BCUT2D eigenvalue weighted by atomic mass is 16.6. The summed E-state index contributed by atoms with van der Waals surface area (Å²) in [5.74, 6) is -0.251. The Hall–Kier alpha value is -3.06. The lowest BCUT2D eigenvalue weighted by Crippen LogP contribution is -2.29. The van der Waals surface area contributed by atoms with Gasteiger partial charge in [0.25, 0.3) is 0 Å². The number of amides is 1. The Kier molecular flexibility index (Phi) is 16.5. The first-order valence-electron chi connectivity index (χ1n) is 14.3. The van der Waals surface area contributed by atoms with Crippen LogP contribution in [0.5, 0.6) is 0 Å². The van der Waals surface area contributed by atoms with E-state index in [-0.39, 0.29) is 24.9 Å². The molecule has 0 atom stereocenters. The fraction of sp³-hybridized carbons (Fsp3) is 0.548. The van der Waals surface area contributed by atoms with E-state index in [0.29, 0.717) is 85.8 Å². The molecule has 42 heavy (non-hydrogen) atoms. The SMILES string of the molecule is COC(=O)CCOCCOCCOCCOCCOCCOCCNC(=O)OCC1c2ccccc2-c2ccccc21. The molecule has 11 heteroatoms. The van der Waals surface area contributed by atoms with Gasteiger partial charge in [-0.1, -0.05) is 48.5 Å². The van der Waals surface area contributed by atoms with E-state index in [1.807, 2.05) is 24.3 Å². The van der Waals surface area contributed by atoms with Gasteiger partial charge in [0, 0.05) is 12.5 Å². The van der Waals surface area contributed by atoms with Gasteiger partial charge in [-0.2, -0.15) is 0 Å². The first-order valence-corrected chi connectivity index (χ1v) is 14.3. The molecular formula is C31H43NO10. The third-order valence-electron chi connectivity index (χ3n) is 6.40. The minimum absolute atomic E-state index is 0.0384. The standard InChI is InChI=1S/C31H43NO10/c1-35-30(33)10-12-36-14-16-38-18-20-40-22-23-41-21-19-39-17-15-37-13-11-32-31(34)42-24-29-27-8-4-2-6-25(27)26-7-3-5-9-28(26)29/h2-9,29H,10-24H2,1H3,(H,32,34). The van der Waals surface area contributed by atoms with Crippen molar-refractivity contribution in [3.63, 3.8) is 0 Å². The molecule has 1 amide bonds. The highest BCUT2D eigenvalue weighted by Crippen LogP contribution is 2.44. The molecule has 1 aliphatic rings. The van der Waals surface area contributed by atoms with Crippen molar-refractivity contribution in [1.29, 1.82) is 0 Å². The molecule has 0 aliphatic heterocycles. The minimum atomic E-state index is -0.455. The van der Waals surface area contributed by atoms with Gasteiger partial charge in [0.1, 0.15) is 6.61 Å². The number of carbonyl (C=O) groups excluding carboxylic acids is 2. The van der Waals surface area contributed by atoms with Crippen molar-refractivity contribution >= 4 is 12.1 Å². The fourth-order valence-electron chi connectivity index (χ4n) is 4.33. The number of benzene rings is 2. The number of rotatable bonds is 23. The summed E-state index contributed by atoms with van der Waals surface area (Å²) >= 11 is 0. The van der Waals surface area contributed by atoms with Crippen LogP contribution in [0.4, 0.5) is 4.79 Å². The van der Waals surface area contributed by atoms with Crippen LogP contribution in [0.1, 0.15) is 23.5 Å². The lowest BCUT2D eigenvalue weighted by Gasteiger charge is -2.14. The maximum Gasteiger partial charge on any atom is 0.407 e. The molecule has 0 saturated carbocycles. The first-order chi connectivity index (χ1) is 20.7. The van der Waals surface area contributed by atoms with E-state index in [4.69, 9.17) is 33.2 Å². The number of fused-ring (bicyclic) bond motifs is 3. The van der Waals surface area contributed by atoms with E-state index in [1.165, 1.54) is 29.4 Å². The summed E-state index contributed by atoms with van der Waals surface area (Å²) in [5, 5.41) is 2.73. The van der Waals surface area contributed by atoms with Crippen molar-refractivity contribution in [2.24, 2.45) is 0 Å². The van der Waals surface area contributed by atoms with Gasteiger partial charge in [0.2, 0.25) is 0 Å². The Bertz CT molecular complexity index is 1000. The molecule has 2 aromatic carbocycles. The topological polar surface area (TPSA) is 120 Å². The van der Waals surface area contributed by atoms with Crippen molar-refractivity contribution in [1.82, 2.24) is 5.32 Å². The molecule has 0 fully saturated rings. The van der Waals surface area contributed by atoms with E-state index < -0.39 is 6.09 Å². The zero-order valence-corrected chi connectivity index (χ0v) is 24.4. The van der Waals surface area contributed by atoms with Crippen molar-refractivity contribution in [3.05, 3.63) is 59.7 Å². The lowest BCUT2D eigenvalue weighted by atomic mass is 9.98. The van der Waals surface area contributed by atoms with E-state index >= 15 is 0 Å². The van der Waals surface area contributed by atoms with Crippen LogP contribution in [0.3, 0.4) is 0 Å². The number of methoxy groups -OCH3 is 1. The fourth-order valence-corrected chi connectivity index (χ4v) is 4.33. The van der Waals surface area contributed by atoms with Crippen molar-refractivity contribution < 1.29 is 47.5 Å². The van der Waals surface area contributed by atoms with Crippen molar-refractivity contribution in [2.45, 2.75) is 12.3 Å². The quantitative estimate of drug-likeness (QED) is 0.153. The second kappa shape index (κ2) is 20.8. The van der Waals surface area contributed by atoms with Gasteiger partial charge in [-0.05, 0) is 22.3 Å². The summed E-state index contributed by atoms with van der Waals surface area (Å²) in [6.45, 7) is 5.85. The van der Waals surface area contributed by atoms with Crippen LogP contribution in [-0.2, 0) is 42.7 Å². The lowest BCUT2D eigenvalue weighted by molar-refractivity contribution is -0.141. The van der Waals surface area contributed by atoms with Crippen LogP contribution in [0.25, 0.3) is 11.1 Å². The average molecular weight is 590 g/mol. The smallest absolute Gasteiger partial charge is 0.407 e. The third kappa shape index (κ3) is 12.4. The summed E-state index contributed by atoms with van der Waals surface area (Å²) < 4.78 is 42.5. The molecule has 0 heterocycles. The number of alkyl carbamates (subject to hydrolysis) is 1. The number of nitrogens with one attached hydrogen (secondary N) is 1. The molecular weight excluding hydrogens is 546 g/mol. The summed E-state index contributed by atoms with van der Waals surface area (Å²) in [7, 11) is 1.35. The number of esters is 1. The van der Waals surface area contributed by atoms with Gasteiger partial charge in [-0.3, -0.25) is 4.79 Å². The summed E-state index contributed by atoms with van der Waals surface area (Å²) in [4.78, 5) is 23.1. The zero-order chi connectivity index (χ0) is 29.7. The molecule has 1 N–H and O–H groups in total. The van der Waals surface area contributed by atoms with Crippen LogP contribution in [0, 0.1) is 0 Å². The Balaban J connectivity index is 1.05. The molecule has 1 aliphatic carbocycles. The van der Waals surface area contributed by atoms with Gasteiger partial charge < -0.3 is 43.2 Å². The predicted octanol–water partition coefficient (Wildman–Crippen LogP) is 3.19. The third-order valence-corrected chi connectivity index (χ3v) is 6.40. The molecule has 0 saturated heterocycles. The summed E-state index contributed by atoms with van der Waals surface area (Å²) in [6, 6.07) is 16.5. The van der Waals surface area contributed by atoms with E-state index in [9.17, 15) is 9.59 Å². The average Bonchev–Trinajstić information content (AvgIpc) is 3.34. The molecule has 0 aromatic heterocycles. The molecule has 232 valence electrons. The monoisotopic (exact) mass is 589 g/mol. The molecule has 0 bridgehead atoms. The molecule has 0 spiro atoms. The Morgan fingerprint density at radius 2 is 1.05 bits per heavy atom. The van der Waals surface area contributed by atoms with Gasteiger partial charge in [0.15, 0.2) is 0 Å². The predicted molar refractivity (Wildman–Crippen MR) is 155 cm³/mol. The maximum absolute atomic E-state index is 12.2. The van der Waals surface area contributed by atoms with Crippen molar-refractivity contribution in [3.8, 4) is 11.1 Å². The summed E-state index contributed by atoms with van der Waals surface area (Å²) in [5.41, 5.74) is 4.77. The number of hydrogen-bond donors (Lipinski definition) is 1. The normalized spacial score (nSPS) is 12.1. The van der Waals surface area contributed by atoms with E-state index in [2.05, 4.69) is 34.3 Å². The highest BCUT2D eigenvalue weighted by molar-refractivity contribution is 5.79. The van der Waals surface area contributed by atoms with Gasteiger partial charge in [-0.15, -0.1) is 0 Å². The highest BCUT2D eigenvalue weighted by Gasteiger charge is 2.28. The van der Waals surface area contributed by atoms with E-state index in [1.54, 1.807) is 0 Å². The van der Waals surface area contributed by atoms with Gasteiger partial charge >= 0.3 is 12.1 Å². The van der Waals surface area contributed by atoms with Crippen LogP contribution in [0.2, 0.25) is 0 Å². The second-order valence-corrected chi connectivity index (χ2v) is 9.25. The number of hydrogen-bond acceptors (Lipinski definition) is 10. The Labute approximate surface area is 247 Å². The van der Waals surface area contributed by atoms with Gasteiger partial charge in [-0.25, -0.2) is 4.79 Å². The molecule has 0 unspecified atom stereocenters. The van der Waals surface area contributed by atoms with Crippen molar-refractivity contribution in [2.75, 3.05) is 99.5 Å². The minimum Gasteiger partial charge on any atom is -0.469 e. The Morgan fingerprint density at radius 3 is 1.52 bits per heavy atom. The zero-order valence-electron chi connectivity index (χ0n) is 24.4. The molecule has 2 aromatic rings. The largest absolute Gasteiger partial charge is 0.469 e. The van der Waals surface area contributed by atoms with Crippen LogP contribution < -0.4 is 5.32 Å². The Morgan fingerprint density at radius 1 is 0.619 bits per heavy atom. The van der Waals surface area contributed by atoms with Gasteiger partial charge in [0.05, 0.1) is 92.8 Å². The molecule has 11 nitrogen and oxygen atoms in total. The number of carbonyl (C=O) groups is 2. The second-order valence-electron chi connectivity index (χ2n) is 9.25. The molecule has 3 rings (SSSR count). The first kappa shape index (κ1) is 33.4. The summed E-state index contributed by atoms with van der Waals surface area (Å²) in [6.07, 6.45) is -0.215. The van der Waals surface area contributed by atoms with Crippen LogP contribution in [0.15, 0.2) is 48.5 Å². The maximum atomic E-state index is 12.2. The van der Waals surface area contributed by atoms with Crippen LogP contribution >= 0.6 is 0 Å². The number of ether oxygens (including phenoxy) is 8. The van der Waals surface area contributed by atoms with E-state index in [0.717, 1.165) is 0 Å². The van der Waals surface area contributed by atoms with Crippen LogP contribution in [-0.4, -0.2) is 112 Å².